The van der Waals surface area contributed by atoms with Gasteiger partial charge >= 0.3 is 5.16 Å². The summed E-state index contributed by atoms with van der Waals surface area (Å²) in [5.41, 5.74) is 0.889. The molecule has 3 rings (SSSR count). The fourth-order valence-corrected chi connectivity index (χ4v) is 2.69. The second-order valence-electron chi connectivity index (χ2n) is 4.93. The summed E-state index contributed by atoms with van der Waals surface area (Å²) < 4.78 is 13.0. The Balaban J connectivity index is 2.27. The molecule has 2 aromatic heterocycles. The Labute approximate surface area is 135 Å². The molecule has 23 heavy (non-hydrogen) atoms. The molecule has 1 aromatic carbocycles. The first-order chi connectivity index (χ1) is 11.1. The van der Waals surface area contributed by atoms with Crippen molar-refractivity contribution >= 4 is 22.2 Å². The normalized spacial score (nSPS) is 12.0. The van der Waals surface area contributed by atoms with Crippen LogP contribution in [0.2, 0.25) is 0 Å². The van der Waals surface area contributed by atoms with E-state index in [1.807, 2.05) is 36.4 Å². The Morgan fingerprint density at radius 3 is 2.74 bits per heavy atom. The second-order valence-corrected chi connectivity index (χ2v) is 6.21. The zero-order chi connectivity index (χ0) is 16.4. The van der Waals surface area contributed by atoms with E-state index < -0.39 is 16.7 Å². The van der Waals surface area contributed by atoms with Crippen LogP contribution < -0.4 is 5.56 Å². The van der Waals surface area contributed by atoms with Crippen LogP contribution in [0.25, 0.3) is 11.0 Å². The summed E-state index contributed by atoms with van der Waals surface area (Å²) in [6.45, 7) is 0.276. The lowest BCUT2D eigenvalue weighted by Gasteiger charge is -2.11. The van der Waals surface area contributed by atoms with Gasteiger partial charge in [-0.05, 0) is 11.6 Å². The first-order valence-electron chi connectivity index (χ1n) is 6.78. The van der Waals surface area contributed by atoms with Crippen molar-refractivity contribution in [3.63, 3.8) is 0 Å². The van der Waals surface area contributed by atoms with Gasteiger partial charge in [0.25, 0.3) is 5.56 Å². The Bertz CT molecular complexity index is 961. The number of nitrogens with zero attached hydrogens (tertiary/aromatic N) is 4. The number of pyridine rings is 1. The molecule has 0 fully saturated rings. The van der Waals surface area contributed by atoms with Crippen molar-refractivity contribution in [3.05, 3.63) is 64.1 Å². The van der Waals surface area contributed by atoms with Gasteiger partial charge in [-0.25, -0.2) is 0 Å². The molecule has 0 aliphatic heterocycles. The van der Waals surface area contributed by atoms with Gasteiger partial charge in [0.1, 0.15) is 17.9 Å². The molecule has 0 bridgehead atoms. The van der Waals surface area contributed by atoms with Gasteiger partial charge in [0.15, 0.2) is 5.65 Å². The van der Waals surface area contributed by atoms with E-state index in [1.54, 1.807) is 0 Å². The Hall–Kier alpha value is -2.69. The van der Waals surface area contributed by atoms with Gasteiger partial charge in [0, 0.05) is 22.8 Å². The summed E-state index contributed by atoms with van der Waals surface area (Å²) in [7, 11) is 0. The predicted octanol–water partition coefficient (Wildman–Crippen LogP) is 1.45. The highest BCUT2D eigenvalue weighted by Gasteiger charge is 2.15. The van der Waals surface area contributed by atoms with E-state index in [0.29, 0.717) is 11.0 Å². The van der Waals surface area contributed by atoms with Crippen LogP contribution in [0.3, 0.4) is 0 Å². The van der Waals surface area contributed by atoms with Crippen molar-refractivity contribution < 1.29 is 4.55 Å². The molecule has 6 nitrogen and oxygen atoms in total. The Kier molecular flexibility index (Phi) is 4.10. The van der Waals surface area contributed by atoms with E-state index >= 15 is 0 Å². The first kappa shape index (κ1) is 15.2. The maximum Gasteiger partial charge on any atom is 0.344 e. The second kappa shape index (κ2) is 6.20. The summed E-state index contributed by atoms with van der Waals surface area (Å²) in [5, 5.41) is 9.88. The van der Waals surface area contributed by atoms with Crippen molar-refractivity contribution in [1.29, 1.82) is 5.26 Å². The van der Waals surface area contributed by atoms with Crippen LogP contribution in [0, 0.1) is 11.3 Å². The van der Waals surface area contributed by atoms with Gasteiger partial charge in [-0.1, -0.05) is 30.3 Å². The minimum Gasteiger partial charge on any atom is -0.609 e. The van der Waals surface area contributed by atoms with E-state index in [2.05, 4.69) is 9.97 Å². The van der Waals surface area contributed by atoms with Crippen molar-refractivity contribution in [2.45, 2.75) is 11.7 Å². The summed E-state index contributed by atoms with van der Waals surface area (Å²) in [6.07, 6.45) is 2.96. The van der Waals surface area contributed by atoms with E-state index in [4.69, 9.17) is 5.26 Å². The van der Waals surface area contributed by atoms with Crippen LogP contribution in [-0.2, 0) is 17.7 Å². The third-order valence-electron chi connectivity index (χ3n) is 3.37. The van der Waals surface area contributed by atoms with Gasteiger partial charge in [-0.3, -0.25) is 9.36 Å². The van der Waals surface area contributed by atoms with Crippen LogP contribution >= 0.6 is 0 Å². The fourth-order valence-electron chi connectivity index (χ4n) is 2.27. The lowest BCUT2D eigenvalue weighted by atomic mass is 10.2. The lowest BCUT2D eigenvalue weighted by molar-refractivity contribution is 0.592. The Morgan fingerprint density at radius 2 is 2.09 bits per heavy atom. The smallest absolute Gasteiger partial charge is 0.344 e. The Morgan fingerprint density at radius 1 is 1.35 bits per heavy atom. The molecule has 7 heteroatoms. The SMILES string of the molecule is C[S+]([O-])c1ncc2cc(C#N)c(=O)n(Cc3ccccc3)c2n1. The van der Waals surface area contributed by atoms with Crippen LogP contribution in [0.15, 0.2) is 52.5 Å². The zero-order valence-electron chi connectivity index (χ0n) is 12.3. The zero-order valence-corrected chi connectivity index (χ0v) is 13.1. The molecule has 3 aromatic rings. The van der Waals surface area contributed by atoms with E-state index in [1.165, 1.54) is 23.1 Å². The molecule has 114 valence electrons. The number of hydrogen-bond acceptors (Lipinski definition) is 5. The van der Waals surface area contributed by atoms with Crippen LogP contribution in [0.5, 0.6) is 0 Å². The highest BCUT2D eigenvalue weighted by atomic mass is 32.2. The third-order valence-corrected chi connectivity index (χ3v) is 4.08. The van der Waals surface area contributed by atoms with E-state index in [-0.39, 0.29) is 17.3 Å². The summed E-state index contributed by atoms with van der Waals surface area (Å²) in [6, 6.07) is 12.8. The molecule has 0 saturated carbocycles. The molecule has 1 unspecified atom stereocenters. The number of rotatable bonds is 3. The molecule has 0 radical (unpaired) electrons. The third kappa shape index (κ3) is 2.95. The molecule has 0 saturated heterocycles. The maximum atomic E-state index is 12.5. The molecular weight excluding hydrogens is 312 g/mol. The average Bonchev–Trinajstić information content (AvgIpc) is 2.57. The standard InChI is InChI=1S/C16H12N4O2S/c1-23(22)16-18-9-13-7-12(8-17)15(21)20(14(13)19-16)10-11-5-3-2-4-6-11/h2-7,9H,10H2,1H3. The highest BCUT2D eigenvalue weighted by Crippen LogP contribution is 2.14. The number of nitriles is 1. The highest BCUT2D eigenvalue weighted by molar-refractivity contribution is 7.90. The summed E-state index contributed by atoms with van der Waals surface area (Å²) >= 11 is -1.36. The van der Waals surface area contributed by atoms with Gasteiger partial charge in [0.2, 0.25) is 0 Å². The molecule has 0 spiro atoms. The van der Waals surface area contributed by atoms with E-state index in [9.17, 15) is 9.35 Å². The average molecular weight is 324 g/mol. The van der Waals surface area contributed by atoms with Crippen molar-refractivity contribution in [2.24, 2.45) is 0 Å². The molecule has 0 aliphatic rings. The maximum absolute atomic E-state index is 12.5. The predicted molar refractivity (Wildman–Crippen MR) is 86.4 cm³/mol. The number of fused-ring (bicyclic) bond motifs is 1. The molecular formula is C16H12N4O2S. The van der Waals surface area contributed by atoms with Crippen LogP contribution in [0.1, 0.15) is 11.1 Å². The van der Waals surface area contributed by atoms with Crippen molar-refractivity contribution in [1.82, 2.24) is 14.5 Å². The molecule has 0 N–H and O–H groups in total. The largest absolute Gasteiger partial charge is 0.609 e. The van der Waals surface area contributed by atoms with Crippen molar-refractivity contribution in [2.75, 3.05) is 6.26 Å². The number of aromatic nitrogens is 3. The minimum absolute atomic E-state index is 0.0300. The van der Waals surface area contributed by atoms with E-state index in [0.717, 1.165) is 5.56 Å². The van der Waals surface area contributed by atoms with Gasteiger partial charge in [-0.15, -0.1) is 0 Å². The van der Waals surface area contributed by atoms with Gasteiger partial charge < -0.3 is 4.55 Å². The minimum atomic E-state index is -1.36. The quantitative estimate of drug-likeness (QED) is 0.537. The molecule has 2 heterocycles. The topological polar surface area (TPSA) is 94.6 Å². The number of benzene rings is 1. The summed E-state index contributed by atoms with van der Waals surface area (Å²) in [5.74, 6) is 0. The van der Waals surface area contributed by atoms with Crippen LogP contribution in [-0.4, -0.2) is 25.3 Å². The van der Waals surface area contributed by atoms with Crippen LogP contribution in [0.4, 0.5) is 0 Å². The fraction of sp³-hybridized carbons (Fsp3) is 0.125. The van der Waals surface area contributed by atoms with Gasteiger partial charge in [0.05, 0.1) is 6.54 Å². The van der Waals surface area contributed by atoms with Gasteiger partial charge in [-0.2, -0.15) is 15.2 Å². The lowest BCUT2D eigenvalue weighted by Crippen LogP contribution is -2.25. The first-order valence-corrected chi connectivity index (χ1v) is 8.34. The molecule has 1 atom stereocenters. The summed E-state index contributed by atoms with van der Waals surface area (Å²) in [4.78, 5) is 20.8. The monoisotopic (exact) mass is 324 g/mol. The number of hydrogen-bond donors (Lipinski definition) is 0. The molecule has 0 aliphatic carbocycles. The molecule has 0 amide bonds. The van der Waals surface area contributed by atoms with Crippen molar-refractivity contribution in [3.8, 4) is 6.07 Å².